The van der Waals surface area contributed by atoms with Gasteiger partial charge in [0.25, 0.3) is 0 Å². The lowest BCUT2D eigenvalue weighted by atomic mass is 10.2. The third-order valence-corrected chi connectivity index (χ3v) is 6.53. The van der Waals surface area contributed by atoms with Crippen LogP contribution in [0.1, 0.15) is 24.0 Å². The van der Waals surface area contributed by atoms with Crippen molar-refractivity contribution in [3.05, 3.63) is 58.6 Å². The first-order valence-electron chi connectivity index (χ1n) is 8.14. The maximum absolute atomic E-state index is 13.1. The van der Waals surface area contributed by atoms with Gasteiger partial charge in [0.05, 0.1) is 22.6 Å². The molecule has 0 N–H and O–H groups in total. The summed E-state index contributed by atoms with van der Waals surface area (Å²) in [5.41, 5.74) is -0.443. The summed E-state index contributed by atoms with van der Waals surface area (Å²) < 4.78 is 71.7. The summed E-state index contributed by atoms with van der Waals surface area (Å²) in [4.78, 5) is -0.417. The summed E-state index contributed by atoms with van der Waals surface area (Å²) in [6.45, 7) is 0.0704. The van der Waals surface area contributed by atoms with Crippen LogP contribution in [-0.2, 0) is 22.7 Å². The topological polar surface area (TPSA) is 46.6 Å². The number of hydrogen-bond donors (Lipinski definition) is 0. The largest absolute Gasteiger partial charge is 0.497 e. The van der Waals surface area contributed by atoms with Gasteiger partial charge in [-0.3, -0.25) is 0 Å². The number of nitrogens with zero attached hydrogens (tertiary/aromatic N) is 1. The van der Waals surface area contributed by atoms with Crippen molar-refractivity contribution < 1.29 is 26.3 Å². The Kier molecular flexibility index (Phi) is 5.42. The van der Waals surface area contributed by atoms with E-state index < -0.39 is 31.7 Å². The van der Waals surface area contributed by atoms with Crippen LogP contribution in [-0.4, -0.2) is 25.9 Å². The highest BCUT2D eigenvalue weighted by atomic mass is 35.5. The second-order valence-electron chi connectivity index (χ2n) is 6.27. The maximum atomic E-state index is 13.1. The van der Waals surface area contributed by atoms with E-state index >= 15 is 0 Å². The summed E-state index contributed by atoms with van der Waals surface area (Å²) in [7, 11) is -2.59. The molecule has 0 bridgehead atoms. The normalized spacial score (nSPS) is 15.2. The Bertz CT molecular complexity index is 926. The van der Waals surface area contributed by atoms with Gasteiger partial charge in [0, 0.05) is 12.6 Å². The fourth-order valence-corrected chi connectivity index (χ4v) is 4.63. The van der Waals surface area contributed by atoms with Crippen molar-refractivity contribution in [1.82, 2.24) is 4.31 Å². The molecule has 0 amide bonds. The van der Waals surface area contributed by atoms with Crippen LogP contribution in [0.15, 0.2) is 47.4 Å². The van der Waals surface area contributed by atoms with Crippen LogP contribution in [0, 0.1) is 0 Å². The Morgan fingerprint density at radius 2 is 1.78 bits per heavy atom. The first-order valence-corrected chi connectivity index (χ1v) is 9.96. The van der Waals surface area contributed by atoms with Crippen molar-refractivity contribution in [3.8, 4) is 5.75 Å². The van der Waals surface area contributed by atoms with Gasteiger partial charge < -0.3 is 4.74 Å². The number of alkyl halides is 3. The standard InChI is InChI=1S/C18H17ClF3NO3S/c1-26-14-6-2-12(3-7-14)11-23(13-4-5-13)27(24,25)15-8-9-17(19)16(10-15)18(20,21)22/h2-3,6-10,13H,4-5,11H2,1H3. The number of benzene rings is 2. The van der Waals surface area contributed by atoms with E-state index in [0.717, 1.165) is 17.7 Å². The summed E-state index contributed by atoms with van der Waals surface area (Å²) in [5.74, 6) is 0.632. The molecule has 0 saturated heterocycles. The average Bonchev–Trinajstić information content (AvgIpc) is 3.44. The molecule has 4 nitrogen and oxygen atoms in total. The molecule has 1 fully saturated rings. The van der Waals surface area contributed by atoms with Crippen LogP contribution in [0.25, 0.3) is 0 Å². The van der Waals surface area contributed by atoms with Gasteiger partial charge in [-0.2, -0.15) is 17.5 Å². The average molecular weight is 420 g/mol. The molecule has 0 heterocycles. The Morgan fingerprint density at radius 1 is 1.15 bits per heavy atom. The highest BCUT2D eigenvalue weighted by Gasteiger charge is 2.40. The molecule has 2 aromatic rings. The molecule has 0 aromatic heterocycles. The molecule has 0 spiro atoms. The van der Waals surface area contributed by atoms with Crippen LogP contribution in [0.3, 0.4) is 0 Å². The number of sulfonamides is 1. The third kappa shape index (κ3) is 4.39. The fourth-order valence-electron chi connectivity index (χ4n) is 2.70. The zero-order valence-electron chi connectivity index (χ0n) is 14.3. The first-order chi connectivity index (χ1) is 12.6. The van der Waals surface area contributed by atoms with Gasteiger partial charge in [0.2, 0.25) is 10.0 Å². The molecule has 0 unspecified atom stereocenters. The second kappa shape index (κ2) is 7.33. The van der Waals surface area contributed by atoms with Crippen molar-refractivity contribution in [3.63, 3.8) is 0 Å². The molecule has 146 valence electrons. The number of ether oxygens (including phenoxy) is 1. The first kappa shape index (κ1) is 20.0. The molecule has 3 rings (SSSR count). The highest BCUT2D eigenvalue weighted by Crippen LogP contribution is 2.38. The lowest BCUT2D eigenvalue weighted by Gasteiger charge is -2.23. The van der Waals surface area contributed by atoms with E-state index in [4.69, 9.17) is 16.3 Å². The van der Waals surface area contributed by atoms with Crippen LogP contribution in [0.4, 0.5) is 13.2 Å². The summed E-state index contributed by atoms with van der Waals surface area (Å²) in [5, 5.41) is -0.533. The molecule has 2 aromatic carbocycles. The fraction of sp³-hybridized carbons (Fsp3) is 0.333. The molecule has 27 heavy (non-hydrogen) atoms. The van der Waals surface area contributed by atoms with Crippen LogP contribution >= 0.6 is 11.6 Å². The van der Waals surface area contributed by atoms with Crippen LogP contribution in [0.5, 0.6) is 5.75 Å². The zero-order chi connectivity index (χ0) is 19.8. The molecule has 1 saturated carbocycles. The Balaban J connectivity index is 1.95. The molecular weight excluding hydrogens is 403 g/mol. The minimum atomic E-state index is -4.73. The van der Waals surface area contributed by atoms with Crippen molar-refractivity contribution in [2.45, 2.75) is 36.5 Å². The van der Waals surface area contributed by atoms with E-state index in [2.05, 4.69) is 0 Å². The summed E-state index contributed by atoms with van der Waals surface area (Å²) in [6, 6.07) is 9.32. The van der Waals surface area contributed by atoms with E-state index in [0.29, 0.717) is 24.7 Å². The third-order valence-electron chi connectivity index (χ3n) is 4.30. The smallest absolute Gasteiger partial charge is 0.417 e. The van der Waals surface area contributed by atoms with Gasteiger partial charge in [0.15, 0.2) is 0 Å². The van der Waals surface area contributed by atoms with E-state index in [1.165, 1.54) is 11.4 Å². The quantitative estimate of drug-likeness (QED) is 0.680. The molecular formula is C18H17ClF3NO3S. The summed E-state index contributed by atoms with van der Waals surface area (Å²) >= 11 is 5.60. The van der Waals surface area contributed by atoms with E-state index in [9.17, 15) is 21.6 Å². The molecule has 0 aliphatic heterocycles. The second-order valence-corrected chi connectivity index (χ2v) is 8.57. The van der Waals surface area contributed by atoms with Crippen LogP contribution < -0.4 is 4.74 Å². The van der Waals surface area contributed by atoms with Gasteiger partial charge in [0.1, 0.15) is 5.75 Å². The molecule has 1 aliphatic rings. The SMILES string of the molecule is COc1ccc(CN(C2CC2)S(=O)(=O)c2ccc(Cl)c(C(F)(F)F)c2)cc1. The van der Waals surface area contributed by atoms with Gasteiger partial charge in [-0.1, -0.05) is 23.7 Å². The minimum Gasteiger partial charge on any atom is -0.497 e. The maximum Gasteiger partial charge on any atom is 0.417 e. The lowest BCUT2D eigenvalue weighted by molar-refractivity contribution is -0.137. The molecule has 9 heteroatoms. The predicted molar refractivity (Wildman–Crippen MR) is 95.2 cm³/mol. The van der Waals surface area contributed by atoms with Crippen molar-refractivity contribution >= 4 is 21.6 Å². The van der Waals surface area contributed by atoms with Gasteiger partial charge in [-0.25, -0.2) is 8.42 Å². The van der Waals surface area contributed by atoms with E-state index in [-0.39, 0.29) is 12.6 Å². The number of hydrogen-bond acceptors (Lipinski definition) is 3. The summed E-state index contributed by atoms with van der Waals surface area (Å²) in [6.07, 6.45) is -3.38. The number of rotatable bonds is 6. The highest BCUT2D eigenvalue weighted by molar-refractivity contribution is 7.89. The number of halogens is 4. The van der Waals surface area contributed by atoms with Gasteiger partial charge >= 0.3 is 6.18 Å². The molecule has 0 atom stereocenters. The van der Waals surface area contributed by atoms with Crippen molar-refractivity contribution in [2.75, 3.05) is 7.11 Å². The van der Waals surface area contributed by atoms with Gasteiger partial charge in [-0.05, 0) is 48.7 Å². The van der Waals surface area contributed by atoms with Crippen LogP contribution in [0.2, 0.25) is 5.02 Å². The van der Waals surface area contributed by atoms with E-state index in [1.54, 1.807) is 24.3 Å². The Morgan fingerprint density at radius 3 is 2.30 bits per heavy atom. The van der Waals surface area contributed by atoms with Crippen molar-refractivity contribution in [1.29, 1.82) is 0 Å². The predicted octanol–water partition coefficient (Wildman–Crippen LogP) is 4.72. The minimum absolute atomic E-state index is 0.0704. The van der Waals surface area contributed by atoms with Crippen molar-refractivity contribution in [2.24, 2.45) is 0 Å². The monoisotopic (exact) mass is 419 g/mol. The Hall–Kier alpha value is -1.77. The number of methoxy groups -OCH3 is 1. The molecule has 0 radical (unpaired) electrons. The van der Waals surface area contributed by atoms with Gasteiger partial charge in [-0.15, -0.1) is 0 Å². The van der Waals surface area contributed by atoms with E-state index in [1.807, 2.05) is 0 Å². The lowest BCUT2D eigenvalue weighted by Crippen LogP contribution is -2.32. The zero-order valence-corrected chi connectivity index (χ0v) is 15.9. The Labute approximate surface area is 160 Å². The molecule has 1 aliphatic carbocycles.